The van der Waals surface area contributed by atoms with Crippen molar-refractivity contribution in [1.29, 1.82) is 0 Å². The summed E-state index contributed by atoms with van der Waals surface area (Å²) in [4.78, 5) is 38.4. The van der Waals surface area contributed by atoms with Crippen molar-refractivity contribution in [2.75, 3.05) is 13.2 Å². The molecule has 452 valence electrons. The third-order valence-electron chi connectivity index (χ3n) is 13.6. The monoisotopic (exact) mass is 1100 g/mol. The minimum Gasteiger partial charge on any atom is -0.462 e. The lowest BCUT2D eigenvalue weighted by atomic mass is 10.0. The first-order valence-corrected chi connectivity index (χ1v) is 32.8. The molecular formula is C74H120O6. The Bertz CT molecular complexity index is 1750. The first kappa shape index (κ1) is 75.3. The van der Waals surface area contributed by atoms with E-state index in [9.17, 15) is 14.4 Å². The number of hydrogen-bond donors (Lipinski definition) is 0. The number of rotatable bonds is 58. The summed E-state index contributed by atoms with van der Waals surface area (Å²) in [5.74, 6) is -0.944. The van der Waals surface area contributed by atoms with E-state index < -0.39 is 6.10 Å². The maximum absolute atomic E-state index is 12.9. The van der Waals surface area contributed by atoms with E-state index in [0.717, 1.165) is 148 Å². The van der Waals surface area contributed by atoms with Crippen LogP contribution in [-0.4, -0.2) is 37.2 Å². The minimum atomic E-state index is -0.806. The molecule has 6 heteroatoms. The van der Waals surface area contributed by atoms with Crippen molar-refractivity contribution < 1.29 is 28.6 Å². The highest BCUT2D eigenvalue weighted by molar-refractivity contribution is 5.71. The fraction of sp³-hybridized carbons (Fsp3) is 0.635. The Morgan fingerprint density at radius 1 is 0.263 bits per heavy atom. The molecule has 0 bridgehead atoms. The first-order valence-electron chi connectivity index (χ1n) is 32.8. The van der Waals surface area contributed by atoms with Crippen LogP contribution in [0.5, 0.6) is 0 Å². The Morgan fingerprint density at radius 3 is 0.787 bits per heavy atom. The van der Waals surface area contributed by atoms with Crippen molar-refractivity contribution in [3.8, 4) is 0 Å². The maximum Gasteiger partial charge on any atom is 0.306 e. The van der Waals surface area contributed by atoms with Gasteiger partial charge in [-0.25, -0.2) is 0 Å². The van der Waals surface area contributed by atoms with Gasteiger partial charge in [-0.15, -0.1) is 0 Å². The van der Waals surface area contributed by atoms with Gasteiger partial charge < -0.3 is 14.2 Å². The second-order valence-electron chi connectivity index (χ2n) is 21.3. The van der Waals surface area contributed by atoms with Crippen molar-refractivity contribution in [2.45, 2.75) is 290 Å². The molecule has 0 aromatic carbocycles. The van der Waals surface area contributed by atoms with Crippen molar-refractivity contribution in [1.82, 2.24) is 0 Å². The van der Waals surface area contributed by atoms with Crippen LogP contribution >= 0.6 is 0 Å². The van der Waals surface area contributed by atoms with Gasteiger partial charge in [-0.3, -0.25) is 14.4 Å². The largest absolute Gasteiger partial charge is 0.462 e. The molecule has 0 aromatic heterocycles. The first-order chi connectivity index (χ1) is 39.5. The molecule has 0 aliphatic carbocycles. The van der Waals surface area contributed by atoms with Crippen LogP contribution in [0.2, 0.25) is 0 Å². The smallest absolute Gasteiger partial charge is 0.306 e. The summed E-state index contributed by atoms with van der Waals surface area (Å²) in [5.41, 5.74) is 0. The number of unbranched alkanes of at least 4 members (excludes halogenated alkanes) is 23. The number of esters is 3. The Balaban J connectivity index is 4.45. The zero-order valence-electron chi connectivity index (χ0n) is 51.8. The molecule has 0 aliphatic heterocycles. The highest BCUT2D eigenvalue weighted by Gasteiger charge is 2.19. The molecule has 0 amide bonds. The molecule has 0 N–H and O–H groups in total. The third kappa shape index (κ3) is 64.1. The molecule has 80 heavy (non-hydrogen) atoms. The lowest BCUT2D eigenvalue weighted by Gasteiger charge is -2.18. The van der Waals surface area contributed by atoms with E-state index in [4.69, 9.17) is 14.2 Å². The van der Waals surface area contributed by atoms with Gasteiger partial charge in [0.05, 0.1) is 0 Å². The van der Waals surface area contributed by atoms with Crippen LogP contribution in [0, 0.1) is 0 Å². The van der Waals surface area contributed by atoms with Crippen LogP contribution in [0.15, 0.2) is 146 Å². The summed E-state index contributed by atoms with van der Waals surface area (Å²) in [6.45, 7) is 6.37. The van der Waals surface area contributed by atoms with Crippen molar-refractivity contribution in [2.24, 2.45) is 0 Å². The SMILES string of the molecule is CC/C=C\C/C=C\C/C=C\C/C=C\C/C=C\C/C=C\C/C=C\CCCCCC(=O)OCC(COC(=O)CCCCCCC/C=C\CCCCCCC)OC(=O)CCCCCCCCCCCC/C=C\C/C=C\C/C=C\C/C=C\CC. The van der Waals surface area contributed by atoms with E-state index >= 15 is 0 Å². The van der Waals surface area contributed by atoms with Crippen LogP contribution in [0.4, 0.5) is 0 Å². The van der Waals surface area contributed by atoms with Gasteiger partial charge in [0.2, 0.25) is 0 Å². The Kier molecular flexibility index (Phi) is 62.9. The predicted octanol–water partition coefficient (Wildman–Crippen LogP) is 22.7. The van der Waals surface area contributed by atoms with Crippen molar-refractivity contribution in [3.63, 3.8) is 0 Å². The highest BCUT2D eigenvalue weighted by Crippen LogP contribution is 2.15. The summed E-state index contributed by atoms with van der Waals surface area (Å²) >= 11 is 0. The minimum absolute atomic E-state index is 0.0991. The second kappa shape index (κ2) is 66.8. The molecule has 0 aliphatic rings. The number of carbonyl (C=O) groups is 3. The Hall–Kier alpha value is -4.71. The van der Waals surface area contributed by atoms with Gasteiger partial charge in [0.25, 0.3) is 0 Å². The van der Waals surface area contributed by atoms with Crippen molar-refractivity contribution >= 4 is 17.9 Å². The molecule has 6 nitrogen and oxygen atoms in total. The molecule has 1 atom stereocenters. The summed E-state index contributed by atoms with van der Waals surface area (Å²) in [6.07, 6.45) is 95.6. The second-order valence-corrected chi connectivity index (χ2v) is 21.3. The maximum atomic E-state index is 12.9. The Labute approximate surface area is 493 Å². The average molecular weight is 1110 g/mol. The standard InChI is InChI=1S/C74H120O6/c1-4-7-10-13-16-19-22-25-28-30-32-34-36-37-39-40-42-44-46-49-52-55-58-61-64-67-73(76)79-70-71(69-78-72(75)66-63-60-57-54-51-48-27-24-21-18-15-12-9-6-3)80-74(77)68-65-62-59-56-53-50-47-45-43-41-38-35-33-31-29-26-23-20-17-14-11-8-5-2/h7-8,10-11,16-17,19-20,24-29,32-35,37,39,42,44,49,52,71H,4-6,9,12-15,18,21-23,30-31,36,38,40-41,43,45-48,50-51,53-70H2,1-3H3/b10-7-,11-8-,19-16-,20-17-,27-24-,28-25-,29-26-,34-32-,35-33-,39-37-,44-42-,52-49-. The summed E-state index contributed by atoms with van der Waals surface area (Å²) in [5, 5.41) is 0. The van der Waals surface area contributed by atoms with E-state index in [2.05, 4.69) is 167 Å². The molecule has 0 heterocycles. The number of allylic oxidation sites excluding steroid dienone is 24. The van der Waals surface area contributed by atoms with Crippen LogP contribution in [0.25, 0.3) is 0 Å². The molecule has 0 fully saturated rings. The molecule has 0 saturated heterocycles. The molecule has 0 spiro atoms. The molecule has 1 unspecified atom stereocenters. The third-order valence-corrected chi connectivity index (χ3v) is 13.6. The van der Waals surface area contributed by atoms with Crippen LogP contribution in [-0.2, 0) is 28.6 Å². The number of hydrogen-bond acceptors (Lipinski definition) is 6. The Morgan fingerprint density at radius 2 is 0.487 bits per heavy atom. The molecule has 0 aromatic rings. The van der Waals surface area contributed by atoms with Crippen LogP contribution < -0.4 is 0 Å². The predicted molar refractivity (Wildman–Crippen MR) is 348 cm³/mol. The number of carbonyl (C=O) groups excluding carboxylic acids is 3. The topological polar surface area (TPSA) is 78.9 Å². The fourth-order valence-electron chi connectivity index (χ4n) is 8.70. The van der Waals surface area contributed by atoms with Crippen LogP contribution in [0.3, 0.4) is 0 Å². The average Bonchev–Trinajstić information content (AvgIpc) is 3.46. The summed E-state index contributed by atoms with van der Waals surface area (Å²) in [7, 11) is 0. The van der Waals surface area contributed by atoms with Crippen molar-refractivity contribution in [3.05, 3.63) is 146 Å². The quantitative estimate of drug-likeness (QED) is 0.0261. The van der Waals surface area contributed by atoms with E-state index in [1.54, 1.807) is 0 Å². The van der Waals surface area contributed by atoms with Gasteiger partial charge in [-0.2, -0.15) is 0 Å². The zero-order chi connectivity index (χ0) is 57.8. The van der Waals surface area contributed by atoms with E-state index in [1.807, 2.05) is 0 Å². The molecular weight excluding hydrogens is 985 g/mol. The van der Waals surface area contributed by atoms with E-state index in [1.165, 1.54) is 96.3 Å². The van der Waals surface area contributed by atoms with Crippen LogP contribution in [0.1, 0.15) is 284 Å². The van der Waals surface area contributed by atoms with Gasteiger partial charge >= 0.3 is 17.9 Å². The van der Waals surface area contributed by atoms with Gasteiger partial charge in [0.15, 0.2) is 6.10 Å². The molecule has 0 rings (SSSR count). The van der Waals surface area contributed by atoms with E-state index in [-0.39, 0.29) is 31.1 Å². The van der Waals surface area contributed by atoms with Gasteiger partial charge in [-0.05, 0) is 141 Å². The normalized spacial score (nSPS) is 13.1. The van der Waals surface area contributed by atoms with E-state index in [0.29, 0.717) is 19.3 Å². The fourth-order valence-corrected chi connectivity index (χ4v) is 8.70. The van der Waals surface area contributed by atoms with Gasteiger partial charge in [0.1, 0.15) is 13.2 Å². The van der Waals surface area contributed by atoms with Gasteiger partial charge in [0, 0.05) is 19.3 Å². The lowest BCUT2D eigenvalue weighted by molar-refractivity contribution is -0.167. The molecule has 0 radical (unpaired) electrons. The summed E-state index contributed by atoms with van der Waals surface area (Å²) in [6, 6.07) is 0. The highest BCUT2D eigenvalue weighted by atomic mass is 16.6. The summed E-state index contributed by atoms with van der Waals surface area (Å²) < 4.78 is 16.9. The number of ether oxygens (including phenoxy) is 3. The zero-order valence-corrected chi connectivity index (χ0v) is 51.8. The lowest BCUT2D eigenvalue weighted by Crippen LogP contribution is -2.30. The van der Waals surface area contributed by atoms with Gasteiger partial charge in [-0.1, -0.05) is 269 Å². The molecule has 0 saturated carbocycles.